The minimum absolute atomic E-state index is 0.0798. The summed E-state index contributed by atoms with van der Waals surface area (Å²) in [7, 11) is 1.49. The quantitative estimate of drug-likeness (QED) is 0.873. The Morgan fingerprint density at radius 2 is 1.72 bits per heavy atom. The largest absolute Gasteiger partial charge is 0.326 e. The molecule has 2 aromatic carbocycles. The van der Waals surface area contributed by atoms with Gasteiger partial charge in [-0.2, -0.15) is 0 Å². The van der Waals surface area contributed by atoms with Gasteiger partial charge in [-0.1, -0.05) is 18.2 Å². The maximum Gasteiger partial charge on any atom is 0.322 e. The highest BCUT2D eigenvalue weighted by Crippen LogP contribution is 2.24. The van der Waals surface area contributed by atoms with Crippen molar-refractivity contribution in [1.82, 2.24) is 4.90 Å². The number of urea groups is 1. The molecule has 0 aliphatic carbocycles. The number of amides is 3. The summed E-state index contributed by atoms with van der Waals surface area (Å²) in [5, 5.41) is 4.94. The van der Waals surface area contributed by atoms with E-state index in [0.29, 0.717) is 11.3 Å². The topological polar surface area (TPSA) is 61.4 Å². The van der Waals surface area contributed by atoms with Crippen LogP contribution < -0.4 is 10.6 Å². The second-order valence-corrected chi connectivity index (χ2v) is 5.61. The second kappa shape index (κ2) is 7.74. The van der Waals surface area contributed by atoms with Crippen molar-refractivity contribution in [2.24, 2.45) is 0 Å². The molecule has 1 atom stereocenters. The lowest BCUT2D eigenvalue weighted by Crippen LogP contribution is -2.34. The maximum atomic E-state index is 13.9. The molecule has 7 heteroatoms. The van der Waals surface area contributed by atoms with E-state index < -0.39 is 23.7 Å². The molecule has 0 saturated carbocycles. The van der Waals surface area contributed by atoms with E-state index in [2.05, 4.69) is 10.6 Å². The van der Waals surface area contributed by atoms with E-state index in [1.165, 1.54) is 37.1 Å². The Kier molecular flexibility index (Phi) is 5.69. The highest BCUT2D eigenvalue weighted by molar-refractivity contribution is 5.92. The van der Waals surface area contributed by atoms with E-state index >= 15 is 0 Å². The van der Waals surface area contributed by atoms with E-state index in [1.54, 1.807) is 25.1 Å². The zero-order valence-corrected chi connectivity index (χ0v) is 14.1. The van der Waals surface area contributed by atoms with Crippen LogP contribution >= 0.6 is 0 Å². The smallest absolute Gasteiger partial charge is 0.322 e. The summed E-state index contributed by atoms with van der Waals surface area (Å²) < 4.78 is 27.8. The Morgan fingerprint density at radius 3 is 2.36 bits per heavy atom. The molecule has 2 rings (SSSR count). The number of hydrogen-bond donors (Lipinski definition) is 2. The number of halogens is 2. The van der Waals surface area contributed by atoms with Crippen LogP contribution in [0.2, 0.25) is 0 Å². The van der Waals surface area contributed by atoms with Crippen molar-refractivity contribution in [3.8, 4) is 0 Å². The van der Waals surface area contributed by atoms with E-state index in [4.69, 9.17) is 0 Å². The summed E-state index contributed by atoms with van der Waals surface area (Å²) in [6, 6.07) is 8.83. The Morgan fingerprint density at radius 1 is 1.04 bits per heavy atom. The summed E-state index contributed by atoms with van der Waals surface area (Å²) in [5.41, 5.74) is 0.630. The van der Waals surface area contributed by atoms with Gasteiger partial charge in [-0.15, -0.1) is 0 Å². The van der Waals surface area contributed by atoms with E-state index in [1.807, 2.05) is 0 Å². The lowest BCUT2D eigenvalue weighted by atomic mass is 10.1. The molecule has 0 aromatic heterocycles. The van der Waals surface area contributed by atoms with E-state index in [-0.39, 0.29) is 11.6 Å². The molecule has 5 nitrogen and oxygen atoms in total. The first-order valence-corrected chi connectivity index (χ1v) is 7.65. The van der Waals surface area contributed by atoms with E-state index in [0.717, 1.165) is 6.07 Å². The number of carbonyl (C=O) groups excluding carboxylic acids is 2. The number of rotatable bonds is 4. The fourth-order valence-corrected chi connectivity index (χ4v) is 2.30. The molecule has 2 N–H and O–H groups in total. The molecule has 25 heavy (non-hydrogen) atoms. The minimum atomic E-state index is -0.644. The number of hydrogen-bond acceptors (Lipinski definition) is 2. The van der Waals surface area contributed by atoms with Gasteiger partial charge >= 0.3 is 6.03 Å². The third kappa shape index (κ3) is 4.53. The van der Waals surface area contributed by atoms with Crippen molar-refractivity contribution < 1.29 is 18.4 Å². The van der Waals surface area contributed by atoms with Crippen LogP contribution in [-0.2, 0) is 4.79 Å². The van der Waals surface area contributed by atoms with Gasteiger partial charge in [0.05, 0.1) is 11.7 Å². The van der Waals surface area contributed by atoms with Crippen LogP contribution in [0, 0.1) is 11.6 Å². The predicted octanol–water partition coefficient (Wildman–Crippen LogP) is 4.15. The average Bonchev–Trinajstić information content (AvgIpc) is 2.56. The first-order chi connectivity index (χ1) is 11.8. The van der Waals surface area contributed by atoms with Crippen LogP contribution in [0.4, 0.5) is 25.0 Å². The molecule has 0 bridgehead atoms. The molecule has 3 amide bonds. The fraction of sp³-hybridized carbons (Fsp3) is 0.222. The summed E-state index contributed by atoms with van der Waals surface area (Å²) in [6.45, 7) is 2.99. The van der Waals surface area contributed by atoms with Gasteiger partial charge in [-0.3, -0.25) is 4.79 Å². The molecule has 0 heterocycles. The summed E-state index contributed by atoms with van der Waals surface area (Å²) in [5.74, 6) is -1.38. The van der Waals surface area contributed by atoms with Gasteiger partial charge in [0.25, 0.3) is 0 Å². The van der Waals surface area contributed by atoms with Crippen molar-refractivity contribution in [2.45, 2.75) is 19.9 Å². The molecule has 0 radical (unpaired) electrons. The first kappa shape index (κ1) is 18.4. The highest BCUT2D eigenvalue weighted by atomic mass is 19.1. The predicted molar refractivity (Wildman–Crippen MR) is 92.3 cm³/mol. The summed E-state index contributed by atoms with van der Waals surface area (Å²) in [6.07, 6.45) is 0. The average molecular weight is 347 g/mol. The lowest BCUT2D eigenvalue weighted by Gasteiger charge is -2.26. The first-order valence-electron chi connectivity index (χ1n) is 7.65. The van der Waals surface area contributed by atoms with Crippen molar-refractivity contribution in [2.75, 3.05) is 17.7 Å². The van der Waals surface area contributed by atoms with Crippen molar-refractivity contribution >= 4 is 23.3 Å². The summed E-state index contributed by atoms with van der Waals surface area (Å²) >= 11 is 0. The van der Waals surface area contributed by atoms with Crippen LogP contribution in [-0.4, -0.2) is 23.9 Å². The molecule has 132 valence electrons. The molecular formula is C18H19F2N3O2. The maximum absolute atomic E-state index is 13.9. The van der Waals surface area contributed by atoms with Crippen molar-refractivity contribution in [3.05, 3.63) is 59.7 Å². The molecule has 0 fully saturated rings. The standard InChI is InChI=1S/C18H19F2N3O2/c1-11(14-6-4-5-7-15(14)19)23(3)18(25)22-17-10-13(21-12(2)24)8-9-16(17)20/h4-11H,1-3H3,(H,21,24)(H,22,25). The molecule has 0 aliphatic heterocycles. The van der Waals surface area contributed by atoms with Crippen LogP contribution in [0.25, 0.3) is 0 Å². The number of nitrogens with zero attached hydrogens (tertiary/aromatic N) is 1. The highest BCUT2D eigenvalue weighted by Gasteiger charge is 2.21. The zero-order valence-electron chi connectivity index (χ0n) is 14.1. The van der Waals surface area contributed by atoms with Gasteiger partial charge in [-0.25, -0.2) is 13.6 Å². The zero-order chi connectivity index (χ0) is 18.6. The SMILES string of the molecule is CC(=O)Nc1ccc(F)c(NC(=O)N(C)C(C)c2ccccc2F)c1. The normalized spacial score (nSPS) is 11.6. The third-order valence-corrected chi connectivity index (χ3v) is 3.78. The molecular weight excluding hydrogens is 328 g/mol. The minimum Gasteiger partial charge on any atom is -0.326 e. The van der Waals surface area contributed by atoms with Gasteiger partial charge in [0.2, 0.25) is 5.91 Å². The van der Waals surface area contributed by atoms with Crippen molar-refractivity contribution in [1.29, 1.82) is 0 Å². The molecule has 0 spiro atoms. The molecule has 2 aromatic rings. The van der Waals surface area contributed by atoms with Crippen LogP contribution in [0.5, 0.6) is 0 Å². The van der Waals surface area contributed by atoms with Crippen LogP contribution in [0.3, 0.4) is 0 Å². The Labute approximate surface area is 144 Å². The molecule has 1 unspecified atom stereocenters. The van der Waals surface area contributed by atoms with E-state index in [9.17, 15) is 18.4 Å². The van der Waals surface area contributed by atoms with Gasteiger partial charge in [-0.05, 0) is 31.2 Å². The monoisotopic (exact) mass is 347 g/mol. The van der Waals surface area contributed by atoms with Gasteiger partial charge in [0.1, 0.15) is 11.6 Å². The van der Waals surface area contributed by atoms with Crippen LogP contribution in [0.1, 0.15) is 25.5 Å². The van der Waals surface area contributed by atoms with Crippen molar-refractivity contribution in [3.63, 3.8) is 0 Å². The van der Waals surface area contributed by atoms with Gasteiger partial charge < -0.3 is 15.5 Å². The summed E-state index contributed by atoms with van der Waals surface area (Å²) in [4.78, 5) is 24.7. The number of anilines is 2. The number of benzene rings is 2. The Bertz CT molecular complexity index is 796. The second-order valence-electron chi connectivity index (χ2n) is 5.61. The molecule has 0 aliphatic rings. The fourth-order valence-electron chi connectivity index (χ4n) is 2.30. The van der Waals surface area contributed by atoms with Gasteiger partial charge in [0.15, 0.2) is 0 Å². The number of nitrogens with one attached hydrogen (secondary N) is 2. The lowest BCUT2D eigenvalue weighted by molar-refractivity contribution is -0.114. The Hall–Kier alpha value is -2.96. The van der Waals surface area contributed by atoms with Gasteiger partial charge in [0, 0.05) is 25.2 Å². The van der Waals surface area contributed by atoms with Crippen LogP contribution in [0.15, 0.2) is 42.5 Å². The Balaban J connectivity index is 2.16. The number of carbonyl (C=O) groups is 2. The molecule has 0 saturated heterocycles. The third-order valence-electron chi connectivity index (χ3n) is 3.78.